The quantitative estimate of drug-likeness (QED) is 0.902. The average Bonchev–Trinajstić information content (AvgIpc) is 2.82. The van der Waals surface area contributed by atoms with E-state index in [1.165, 1.54) is 6.42 Å². The molecule has 0 amide bonds. The Labute approximate surface area is 120 Å². The Morgan fingerprint density at radius 2 is 2.33 bits per heavy atom. The first kappa shape index (κ1) is 15.6. The number of hydrogen-bond donors (Lipinski definition) is 1. The molecule has 0 radical (unpaired) electrons. The summed E-state index contributed by atoms with van der Waals surface area (Å²) in [6.07, 6.45) is 1.23. The Morgan fingerprint density at radius 1 is 1.50 bits per heavy atom. The van der Waals surface area contributed by atoms with E-state index in [9.17, 15) is 0 Å². The Bertz CT molecular complexity index is 357. The van der Waals surface area contributed by atoms with Gasteiger partial charge < -0.3 is 10.1 Å². The number of hydrogen-bond acceptors (Lipinski definition) is 3. The lowest BCUT2D eigenvalue weighted by Crippen LogP contribution is -2.36. The van der Waals surface area contributed by atoms with Crippen LogP contribution in [0.4, 0.5) is 0 Å². The first-order valence-corrected chi connectivity index (χ1v) is 6.43. The third-order valence-corrected chi connectivity index (χ3v) is 3.40. The Morgan fingerprint density at radius 3 is 3.00 bits per heavy atom. The number of ether oxygens (including phenoxy) is 1. The number of benzene rings is 1. The first-order valence-electron chi connectivity index (χ1n) is 6.05. The first-order chi connectivity index (χ1) is 8.25. The fourth-order valence-corrected chi connectivity index (χ4v) is 2.24. The van der Waals surface area contributed by atoms with Crippen molar-refractivity contribution in [3.05, 3.63) is 29.3 Å². The summed E-state index contributed by atoms with van der Waals surface area (Å²) in [7, 11) is 2.15. The van der Waals surface area contributed by atoms with Crippen LogP contribution in [-0.2, 0) is 0 Å². The van der Waals surface area contributed by atoms with Gasteiger partial charge in [-0.1, -0.05) is 17.7 Å². The second-order valence-electron chi connectivity index (χ2n) is 4.43. The van der Waals surface area contributed by atoms with Gasteiger partial charge in [-0.15, -0.1) is 12.4 Å². The van der Waals surface area contributed by atoms with E-state index in [0.29, 0.717) is 12.6 Å². The fraction of sp³-hybridized carbons (Fsp3) is 0.538. The molecular formula is C13H20Cl2N2O. The zero-order chi connectivity index (χ0) is 12.1. The predicted molar refractivity (Wildman–Crippen MR) is 78.1 cm³/mol. The molecule has 1 unspecified atom stereocenters. The van der Waals surface area contributed by atoms with Crippen molar-refractivity contribution in [3.63, 3.8) is 0 Å². The van der Waals surface area contributed by atoms with Crippen molar-refractivity contribution in [2.75, 3.05) is 33.3 Å². The van der Waals surface area contributed by atoms with Gasteiger partial charge in [0.05, 0.1) is 0 Å². The molecule has 102 valence electrons. The van der Waals surface area contributed by atoms with E-state index < -0.39 is 0 Å². The lowest BCUT2D eigenvalue weighted by Gasteiger charge is -2.23. The van der Waals surface area contributed by atoms with Crippen molar-refractivity contribution in [2.45, 2.75) is 12.5 Å². The van der Waals surface area contributed by atoms with Gasteiger partial charge in [-0.05, 0) is 38.2 Å². The largest absolute Gasteiger partial charge is 0.492 e. The van der Waals surface area contributed by atoms with Gasteiger partial charge in [0, 0.05) is 24.2 Å². The molecule has 0 bridgehead atoms. The van der Waals surface area contributed by atoms with E-state index in [1.807, 2.05) is 24.3 Å². The van der Waals surface area contributed by atoms with Crippen molar-refractivity contribution < 1.29 is 4.74 Å². The predicted octanol–water partition coefficient (Wildman–Crippen LogP) is 2.43. The maximum atomic E-state index is 5.89. The molecule has 1 aromatic carbocycles. The average molecular weight is 291 g/mol. The zero-order valence-electron chi connectivity index (χ0n) is 10.6. The normalized spacial score (nSPS) is 18.7. The molecule has 1 atom stereocenters. The Hall–Kier alpha value is -0.480. The molecule has 3 nitrogen and oxygen atoms in total. The highest BCUT2D eigenvalue weighted by Gasteiger charge is 2.18. The minimum atomic E-state index is 0. The van der Waals surface area contributed by atoms with E-state index in [0.717, 1.165) is 30.4 Å². The van der Waals surface area contributed by atoms with Crippen molar-refractivity contribution in [3.8, 4) is 5.75 Å². The Balaban J connectivity index is 0.00000162. The minimum absolute atomic E-state index is 0. The van der Waals surface area contributed by atoms with Gasteiger partial charge >= 0.3 is 0 Å². The fourth-order valence-electron chi connectivity index (χ4n) is 2.06. The number of nitrogens with zero attached hydrogens (tertiary/aromatic N) is 1. The Kier molecular flexibility index (Phi) is 6.79. The highest BCUT2D eigenvalue weighted by atomic mass is 35.5. The lowest BCUT2D eigenvalue weighted by molar-refractivity contribution is 0.199. The second kappa shape index (κ2) is 7.85. The van der Waals surface area contributed by atoms with Crippen LogP contribution < -0.4 is 10.1 Å². The maximum absolute atomic E-state index is 5.89. The van der Waals surface area contributed by atoms with Gasteiger partial charge in [0.2, 0.25) is 0 Å². The van der Waals surface area contributed by atoms with Crippen molar-refractivity contribution in [1.82, 2.24) is 10.2 Å². The van der Waals surface area contributed by atoms with Gasteiger partial charge in [0.25, 0.3) is 0 Å². The molecule has 1 fully saturated rings. The highest BCUT2D eigenvalue weighted by molar-refractivity contribution is 6.30. The van der Waals surface area contributed by atoms with Crippen LogP contribution in [0.25, 0.3) is 0 Å². The molecule has 18 heavy (non-hydrogen) atoms. The van der Waals surface area contributed by atoms with Crippen molar-refractivity contribution in [2.24, 2.45) is 0 Å². The molecule has 0 aliphatic carbocycles. The highest BCUT2D eigenvalue weighted by Crippen LogP contribution is 2.17. The van der Waals surface area contributed by atoms with Crippen molar-refractivity contribution >= 4 is 24.0 Å². The molecule has 1 N–H and O–H groups in total. The van der Waals surface area contributed by atoms with Gasteiger partial charge in [-0.3, -0.25) is 4.90 Å². The third-order valence-electron chi connectivity index (χ3n) is 3.17. The van der Waals surface area contributed by atoms with Gasteiger partial charge in [0.15, 0.2) is 0 Å². The lowest BCUT2D eigenvalue weighted by atomic mass is 10.2. The molecule has 1 aliphatic rings. The van der Waals surface area contributed by atoms with Crippen LogP contribution in [0.2, 0.25) is 5.02 Å². The molecule has 1 aromatic rings. The second-order valence-corrected chi connectivity index (χ2v) is 4.87. The number of likely N-dealkylation sites (N-methyl/N-ethyl adjacent to an activating group) is 1. The molecule has 2 rings (SSSR count). The van der Waals surface area contributed by atoms with E-state index in [4.69, 9.17) is 16.3 Å². The SMILES string of the molecule is CN(CCOc1cccc(Cl)c1)C1CCNC1.Cl. The summed E-state index contributed by atoms with van der Waals surface area (Å²) in [4.78, 5) is 2.35. The zero-order valence-corrected chi connectivity index (χ0v) is 12.1. The standard InChI is InChI=1S/C13H19ClN2O.ClH/c1-16(12-5-6-15-10-12)7-8-17-13-4-2-3-11(14)9-13;/h2-4,9,12,15H,5-8,10H2,1H3;1H. The number of halogens is 2. The molecule has 0 aromatic heterocycles. The van der Waals surface area contributed by atoms with Crippen LogP contribution in [0, 0.1) is 0 Å². The van der Waals surface area contributed by atoms with Crippen LogP contribution in [-0.4, -0.2) is 44.2 Å². The molecular weight excluding hydrogens is 271 g/mol. The molecule has 5 heteroatoms. The van der Waals surface area contributed by atoms with E-state index in [1.54, 1.807) is 0 Å². The molecule has 1 heterocycles. The van der Waals surface area contributed by atoms with E-state index in [-0.39, 0.29) is 12.4 Å². The summed E-state index contributed by atoms with van der Waals surface area (Å²) in [6, 6.07) is 8.19. The van der Waals surface area contributed by atoms with E-state index >= 15 is 0 Å². The minimum Gasteiger partial charge on any atom is -0.492 e. The number of nitrogens with one attached hydrogen (secondary N) is 1. The molecule has 1 aliphatic heterocycles. The summed E-state index contributed by atoms with van der Waals surface area (Å²) in [5.74, 6) is 0.843. The topological polar surface area (TPSA) is 24.5 Å². The third kappa shape index (κ3) is 4.65. The summed E-state index contributed by atoms with van der Waals surface area (Å²) in [6.45, 7) is 3.87. The van der Waals surface area contributed by atoms with Crippen LogP contribution >= 0.6 is 24.0 Å². The van der Waals surface area contributed by atoms with Crippen LogP contribution in [0.15, 0.2) is 24.3 Å². The van der Waals surface area contributed by atoms with E-state index in [2.05, 4.69) is 17.3 Å². The summed E-state index contributed by atoms with van der Waals surface area (Å²) < 4.78 is 5.67. The molecule has 1 saturated heterocycles. The smallest absolute Gasteiger partial charge is 0.120 e. The summed E-state index contributed by atoms with van der Waals surface area (Å²) in [5.41, 5.74) is 0. The van der Waals surface area contributed by atoms with Gasteiger partial charge in [0.1, 0.15) is 12.4 Å². The van der Waals surface area contributed by atoms with Crippen LogP contribution in [0.1, 0.15) is 6.42 Å². The van der Waals surface area contributed by atoms with Gasteiger partial charge in [-0.2, -0.15) is 0 Å². The maximum Gasteiger partial charge on any atom is 0.120 e. The van der Waals surface area contributed by atoms with Crippen molar-refractivity contribution in [1.29, 1.82) is 0 Å². The molecule has 0 saturated carbocycles. The summed E-state index contributed by atoms with van der Waals surface area (Å²) >= 11 is 5.89. The monoisotopic (exact) mass is 290 g/mol. The number of rotatable bonds is 5. The molecule has 0 spiro atoms. The van der Waals surface area contributed by atoms with Crippen LogP contribution in [0.3, 0.4) is 0 Å². The van der Waals surface area contributed by atoms with Crippen LogP contribution in [0.5, 0.6) is 5.75 Å². The van der Waals surface area contributed by atoms with Gasteiger partial charge in [-0.25, -0.2) is 0 Å². The summed E-state index contributed by atoms with van der Waals surface area (Å²) in [5, 5.41) is 4.09.